The predicted molar refractivity (Wildman–Crippen MR) is 232 cm³/mol. The Morgan fingerprint density at radius 1 is 0.579 bits per heavy atom. The van der Waals surface area contributed by atoms with Crippen molar-refractivity contribution in [1.29, 1.82) is 0 Å². The number of ether oxygens (including phenoxy) is 1. The number of oxazole rings is 1. The summed E-state index contributed by atoms with van der Waals surface area (Å²) in [6.45, 7) is 2.09. The Kier molecular flexibility index (Phi) is 7.57. The maximum Gasteiger partial charge on any atom is 0.227 e. The lowest BCUT2D eigenvalue weighted by molar-refractivity contribution is 0.142. The molecule has 2 aromatic heterocycles. The van der Waals surface area contributed by atoms with E-state index in [-0.39, 0.29) is 6.04 Å². The fourth-order valence-corrected chi connectivity index (χ4v) is 8.25. The van der Waals surface area contributed by atoms with E-state index in [0.717, 1.165) is 72.5 Å². The normalized spacial score (nSPS) is 17.2. The number of aromatic nitrogens is 2. The van der Waals surface area contributed by atoms with Crippen molar-refractivity contribution in [3.8, 4) is 28.3 Å². The van der Waals surface area contributed by atoms with E-state index in [1.54, 1.807) is 0 Å². The van der Waals surface area contributed by atoms with Crippen LogP contribution < -0.4 is 4.90 Å². The average Bonchev–Trinajstić information content (AvgIpc) is 3.96. The summed E-state index contributed by atoms with van der Waals surface area (Å²) in [4.78, 5) is 12.0. The van der Waals surface area contributed by atoms with E-state index in [9.17, 15) is 0 Å². The Bertz CT molecular complexity index is 3030. The Hall–Kier alpha value is -7.44. The third-order valence-corrected chi connectivity index (χ3v) is 11.2. The number of fused-ring (bicyclic) bond motifs is 5. The van der Waals surface area contributed by atoms with Gasteiger partial charge in [0.2, 0.25) is 11.8 Å². The van der Waals surface area contributed by atoms with Crippen molar-refractivity contribution >= 4 is 55.9 Å². The lowest BCUT2D eigenvalue weighted by Crippen LogP contribution is -2.34. The molecule has 57 heavy (non-hydrogen) atoms. The quantitative estimate of drug-likeness (QED) is 0.163. The second-order valence-electron chi connectivity index (χ2n) is 14.8. The molecular weight excluding hydrogens is 701 g/mol. The summed E-state index contributed by atoms with van der Waals surface area (Å²) in [6, 6.07) is 59.5. The molecule has 0 bridgehead atoms. The fourth-order valence-electron chi connectivity index (χ4n) is 8.25. The molecule has 0 saturated heterocycles. The van der Waals surface area contributed by atoms with Crippen molar-refractivity contribution in [2.45, 2.75) is 18.6 Å². The average molecular weight is 737 g/mol. The monoisotopic (exact) mass is 736 g/mol. The zero-order chi connectivity index (χ0) is 37.9. The zero-order valence-corrected chi connectivity index (χ0v) is 31.2. The molecular formula is C51H36N4O2. The van der Waals surface area contributed by atoms with Crippen molar-refractivity contribution in [1.82, 2.24) is 9.55 Å². The summed E-state index contributed by atoms with van der Waals surface area (Å²) in [5.74, 6) is 1.30. The van der Waals surface area contributed by atoms with Crippen LogP contribution in [0.2, 0.25) is 0 Å². The van der Waals surface area contributed by atoms with Gasteiger partial charge in [-0.15, -0.1) is 0 Å². The van der Waals surface area contributed by atoms with Gasteiger partial charge in [0, 0.05) is 44.6 Å². The Labute approximate surface area is 329 Å². The first-order valence-electron chi connectivity index (χ1n) is 19.3. The van der Waals surface area contributed by atoms with Gasteiger partial charge < -0.3 is 18.6 Å². The SMILES string of the molecule is CC12C=CC=CC1N=C(c1ccc(N(c3ccccc3)c3cccc(-c4ccc(-n5c6ccccc6c6cc(-c7nc8ccccc8o7)ccc65)cc4)c3)cc1)O2. The predicted octanol–water partition coefficient (Wildman–Crippen LogP) is 12.8. The van der Waals surface area contributed by atoms with Crippen molar-refractivity contribution in [3.05, 3.63) is 200 Å². The molecule has 0 radical (unpaired) electrons. The van der Waals surface area contributed by atoms with Gasteiger partial charge in [0.15, 0.2) is 11.2 Å². The van der Waals surface area contributed by atoms with Crippen molar-refractivity contribution in [3.63, 3.8) is 0 Å². The summed E-state index contributed by atoms with van der Waals surface area (Å²) < 4.78 is 14.9. The lowest BCUT2D eigenvalue weighted by atomic mass is 9.93. The molecule has 11 rings (SSSR count). The molecule has 9 aromatic rings. The molecule has 6 heteroatoms. The summed E-state index contributed by atoms with van der Waals surface area (Å²) in [5, 5.41) is 2.34. The van der Waals surface area contributed by atoms with Gasteiger partial charge >= 0.3 is 0 Å². The Balaban J connectivity index is 0.925. The van der Waals surface area contributed by atoms with Crippen LogP contribution in [0.5, 0.6) is 0 Å². The number of allylic oxidation sites excluding steroid dienone is 2. The maximum atomic E-state index is 6.37. The number of rotatable bonds is 7. The van der Waals surface area contributed by atoms with E-state index in [1.807, 2.05) is 36.4 Å². The van der Waals surface area contributed by atoms with Gasteiger partial charge in [0.25, 0.3) is 0 Å². The minimum atomic E-state index is -0.445. The smallest absolute Gasteiger partial charge is 0.227 e. The van der Waals surface area contributed by atoms with Crippen LogP contribution in [0.25, 0.3) is 61.2 Å². The second-order valence-corrected chi connectivity index (χ2v) is 14.8. The van der Waals surface area contributed by atoms with Gasteiger partial charge in [-0.1, -0.05) is 91.0 Å². The zero-order valence-electron chi connectivity index (χ0n) is 31.2. The van der Waals surface area contributed by atoms with Crippen LogP contribution in [0, 0.1) is 0 Å². The third kappa shape index (κ3) is 5.64. The highest BCUT2D eigenvalue weighted by Crippen LogP contribution is 2.39. The van der Waals surface area contributed by atoms with Crippen LogP contribution in [-0.4, -0.2) is 27.1 Å². The summed E-state index contributed by atoms with van der Waals surface area (Å²) in [6.07, 6.45) is 8.25. The number of hydrogen-bond donors (Lipinski definition) is 0. The molecule has 6 nitrogen and oxygen atoms in total. The second kappa shape index (κ2) is 13.1. The van der Waals surface area contributed by atoms with Gasteiger partial charge in [0.05, 0.1) is 11.0 Å². The van der Waals surface area contributed by atoms with Gasteiger partial charge in [-0.25, -0.2) is 9.98 Å². The van der Waals surface area contributed by atoms with E-state index in [1.165, 1.54) is 5.39 Å². The molecule has 0 saturated carbocycles. The number of hydrogen-bond acceptors (Lipinski definition) is 5. The molecule has 1 aliphatic carbocycles. The highest BCUT2D eigenvalue weighted by Gasteiger charge is 2.40. The molecule has 2 unspecified atom stereocenters. The van der Waals surface area contributed by atoms with Crippen molar-refractivity contribution in [2.75, 3.05) is 4.90 Å². The summed E-state index contributed by atoms with van der Waals surface area (Å²) >= 11 is 0. The van der Waals surface area contributed by atoms with E-state index in [2.05, 4.69) is 174 Å². The number of aliphatic imine (C=N–C) groups is 1. The Morgan fingerprint density at radius 3 is 2.14 bits per heavy atom. The molecule has 272 valence electrons. The van der Waals surface area contributed by atoms with Crippen LogP contribution >= 0.6 is 0 Å². The summed E-state index contributed by atoms with van der Waals surface area (Å²) in [7, 11) is 0. The molecule has 2 aliphatic rings. The highest BCUT2D eigenvalue weighted by atomic mass is 16.5. The van der Waals surface area contributed by atoms with Crippen LogP contribution in [0.1, 0.15) is 12.5 Å². The molecule has 0 fully saturated rings. The standard InChI is InChI=1S/C51H36N4O2/c1-51-31-10-9-20-48(51)53-50(57-51)35-23-28-39(29-24-35)54(38-13-3-2-4-14-38)41-15-11-12-36(32-41)34-21-26-40(27-22-34)55-45-18-7-5-16-42(45)43-33-37(25-30-46(43)55)49-52-44-17-6-8-19-47(44)56-49/h2-33,48H,1H3. The van der Waals surface area contributed by atoms with Gasteiger partial charge in [-0.2, -0.15) is 0 Å². The summed E-state index contributed by atoms with van der Waals surface area (Å²) in [5.41, 5.74) is 11.9. The highest BCUT2D eigenvalue weighted by molar-refractivity contribution is 6.10. The number of anilines is 3. The van der Waals surface area contributed by atoms with Gasteiger partial charge in [-0.3, -0.25) is 0 Å². The van der Waals surface area contributed by atoms with Crippen LogP contribution in [0.4, 0.5) is 17.1 Å². The topological polar surface area (TPSA) is 55.8 Å². The molecule has 2 atom stereocenters. The van der Waals surface area contributed by atoms with Gasteiger partial charge in [-0.05, 0) is 121 Å². The molecule has 3 heterocycles. The fraction of sp³-hybridized carbons (Fsp3) is 0.0588. The first-order chi connectivity index (χ1) is 28.1. The lowest BCUT2D eigenvalue weighted by Gasteiger charge is -2.27. The molecule has 1 aliphatic heterocycles. The van der Waals surface area contributed by atoms with Gasteiger partial charge in [0.1, 0.15) is 11.6 Å². The molecule has 0 spiro atoms. The first-order valence-corrected chi connectivity index (χ1v) is 19.3. The van der Waals surface area contributed by atoms with Crippen LogP contribution in [0.15, 0.2) is 204 Å². The van der Waals surface area contributed by atoms with Crippen LogP contribution in [0.3, 0.4) is 0 Å². The van der Waals surface area contributed by atoms with Crippen LogP contribution in [-0.2, 0) is 4.74 Å². The minimum Gasteiger partial charge on any atom is -0.464 e. The molecule has 0 N–H and O–H groups in total. The number of benzene rings is 7. The Morgan fingerprint density at radius 2 is 1.30 bits per heavy atom. The minimum absolute atomic E-state index is 0.0165. The maximum absolute atomic E-state index is 6.37. The third-order valence-electron chi connectivity index (χ3n) is 11.2. The van der Waals surface area contributed by atoms with E-state index in [0.29, 0.717) is 11.8 Å². The first kappa shape index (κ1) is 32.9. The van der Waals surface area contributed by atoms with E-state index in [4.69, 9.17) is 19.1 Å². The van der Waals surface area contributed by atoms with E-state index >= 15 is 0 Å². The number of nitrogens with zero attached hydrogens (tertiary/aromatic N) is 4. The van der Waals surface area contributed by atoms with Crippen molar-refractivity contribution < 1.29 is 9.15 Å². The molecule has 7 aromatic carbocycles. The molecule has 0 amide bonds. The largest absolute Gasteiger partial charge is 0.464 e. The number of para-hydroxylation sites is 4. The van der Waals surface area contributed by atoms with E-state index < -0.39 is 5.60 Å². The van der Waals surface area contributed by atoms with Crippen molar-refractivity contribution in [2.24, 2.45) is 4.99 Å².